The van der Waals surface area contributed by atoms with Crippen LogP contribution in [0.4, 0.5) is 0 Å². The lowest BCUT2D eigenvalue weighted by Crippen LogP contribution is -2.20. The Kier molecular flexibility index (Phi) is 5.62. The van der Waals surface area contributed by atoms with Gasteiger partial charge in [-0.2, -0.15) is 0 Å². The fraction of sp³-hybridized carbons (Fsp3) is 0.818. The standard InChI is InChI=1S/C11H20O3/c1-11(2,3)8-10(14)9(13)6-4-5-7-12/h12H,4-8H2,1-3H3. The van der Waals surface area contributed by atoms with Crippen molar-refractivity contribution in [2.75, 3.05) is 6.61 Å². The Morgan fingerprint density at radius 2 is 1.64 bits per heavy atom. The number of unbranched alkanes of at least 4 members (excludes halogenated alkanes) is 1. The molecule has 0 aromatic heterocycles. The van der Waals surface area contributed by atoms with Crippen molar-refractivity contribution in [3.8, 4) is 0 Å². The first-order chi connectivity index (χ1) is 6.37. The normalized spacial score (nSPS) is 11.4. The first kappa shape index (κ1) is 13.3. The van der Waals surface area contributed by atoms with Crippen molar-refractivity contribution in [2.24, 2.45) is 5.41 Å². The highest BCUT2D eigenvalue weighted by Gasteiger charge is 2.20. The number of carbonyl (C=O) groups excluding carboxylic acids is 2. The van der Waals surface area contributed by atoms with E-state index in [-0.39, 0.29) is 30.0 Å². The summed E-state index contributed by atoms with van der Waals surface area (Å²) in [5.41, 5.74) is -0.121. The molecule has 0 aliphatic carbocycles. The van der Waals surface area contributed by atoms with Gasteiger partial charge >= 0.3 is 0 Å². The summed E-state index contributed by atoms with van der Waals surface area (Å²) in [5, 5.41) is 8.51. The van der Waals surface area contributed by atoms with Crippen LogP contribution in [0.5, 0.6) is 0 Å². The minimum absolute atomic E-state index is 0.0841. The third-order valence-corrected chi connectivity index (χ3v) is 1.81. The van der Waals surface area contributed by atoms with Gasteiger partial charge in [-0.05, 0) is 18.3 Å². The van der Waals surface area contributed by atoms with E-state index in [1.807, 2.05) is 20.8 Å². The lowest BCUT2D eigenvalue weighted by Gasteiger charge is -2.15. The average molecular weight is 200 g/mol. The fourth-order valence-corrected chi connectivity index (χ4v) is 1.12. The van der Waals surface area contributed by atoms with E-state index >= 15 is 0 Å². The summed E-state index contributed by atoms with van der Waals surface area (Å²) < 4.78 is 0. The Labute approximate surface area is 85.5 Å². The third kappa shape index (κ3) is 6.78. The van der Waals surface area contributed by atoms with Crippen molar-refractivity contribution in [1.29, 1.82) is 0 Å². The van der Waals surface area contributed by atoms with Crippen LogP contribution in [0.15, 0.2) is 0 Å². The lowest BCUT2D eigenvalue weighted by atomic mass is 9.88. The van der Waals surface area contributed by atoms with Crippen molar-refractivity contribution in [3.63, 3.8) is 0 Å². The van der Waals surface area contributed by atoms with E-state index in [4.69, 9.17) is 5.11 Å². The van der Waals surface area contributed by atoms with Crippen molar-refractivity contribution < 1.29 is 14.7 Å². The lowest BCUT2D eigenvalue weighted by molar-refractivity contribution is -0.137. The Hall–Kier alpha value is -0.700. The van der Waals surface area contributed by atoms with Gasteiger partial charge in [-0.3, -0.25) is 9.59 Å². The second-order valence-corrected chi connectivity index (χ2v) is 4.76. The minimum Gasteiger partial charge on any atom is -0.396 e. The first-order valence-corrected chi connectivity index (χ1v) is 5.04. The molecule has 0 amide bonds. The molecule has 0 aromatic rings. The summed E-state index contributed by atoms with van der Waals surface area (Å²) in [6.45, 7) is 5.89. The van der Waals surface area contributed by atoms with Gasteiger partial charge in [0.2, 0.25) is 0 Å². The number of Topliss-reactive ketones (excluding diaryl/α,β-unsaturated/α-hetero) is 2. The smallest absolute Gasteiger partial charge is 0.198 e. The van der Waals surface area contributed by atoms with Gasteiger partial charge in [0.1, 0.15) is 0 Å². The maximum absolute atomic E-state index is 11.3. The Balaban J connectivity index is 3.83. The van der Waals surface area contributed by atoms with Gasteiger partial charge < -0.3 is 5.11 Å². The zero-order valence-electron chi connectivity index (χ0n) is 9.30. The van der Waals surface area contributed by atoms with Crippen LogP contribution in [0.1, 0.15) is 46.5 Å². The molecule has 0 unspecified atom stereocenters. The molecule has 1 N–H and O–H groups in total. The molecule has 0 saturated heterocycles. The third-order valence-electron chi connectivity index (χ3n) is 1.81. The van der Waals surface area contributed by atoms with E-state index < -0.39 is 0 Å². The maximum atomic E-state index is 11.3. The molecule has 0 fully saturated rings. The molecule has 0 aromatic carbocycles. The molecule has 0 aliphatic rings. The van der Waals surface area contributed by atoms with Crippen molar-refractivity contribution in [2.45, 2.75) is 46.5 Å². The number of rotatable bonds is 6. The molecule has 0 spiro atoms. The summed E-state index contributed by atoms with van der Waals surface area (Å²) >= 11 is 0. The van der Waals surface area contributed by atoms with Crippen LogP contribution in [0.25, 0.3) is 0 Å². The Bertz CT molecular complexity index is 201. The zero-order valence-corrected chi connectivity index (χ0v) is 9.30. The largest absolute Gasteiger partial charge is 0.396 e. The molecule has 0 heterocycles. The van der Waals surface area contributed by atoms with Gasteiger partial charge in [0.05, 0.1) is 0 Å². The van der Waals surface area contributed by atoms with E-state index in [9.17, 15) is 9.59 Å². The fourth-order valence-electron chi connectivity index (χ4n) is 1.12. The van der Waals surface area contributed by atoms with Gasteiger partial charge in [0.15, 0.2) is 11.6 Å². The van der Waals surface area contributed by atoms with E-state index in [0.717, 1.165) is 0 Å². The van der Waals surface area contributed by atoms with Crippen molar-refractivity contribution >= 4 is 11.6 Å². The van der Waals surface area contributed by atoms with Gasteiger partial charge in [0, 0.05) is 19.4 Å². The molecule has 14 heavy (non-hydrogen) atoms. The highest BCUT2D eigenvalue weighted by molar-refractivity contribution is 6.37. The van der Waals surface area contributed by atoms with Crippen molar-refractivity contribution in [1.82, 2.24) is 0 Å². The van der Waals surface area contributed by atoms with Crippen LogP contribution >= 0.6 is 0 Å². The van der Waals surface area contributed by atoms with Crippen LogP contribution in [-0.4, -0.2) is 23.3 Å². The number of aliphatic hydroxyl groups is 1. The zero-order chi connectivity index (χ0) is 11.2. The van der Waals surface area contributed by atoms with E-state index in [1.165, 1.54) is 0 Å². The van der Waals surface area contributed by atoms with Crippen LogP contribution < -0.4 is 0 Å². The minimum atomic E-state index is -0.298. The highest BCUT2D eigenvalue weighted by Crippen LogP contribution is 2.19. The topological polar surface area (TPSA) is 54.4 Å². The monoisotopic (exact) mass is 200 g/mol. The van der Waals surface area contributed by atoms with Gasteiger partial charge in [-0.15, -0.1) is 0 Å². The number of carbonyl (C=O) groups is 2. The molecule has 82 valence electrons. The van der Waals surface area contributed by atoms with Gasteiger partial charge in [-0.1, -0.05) is 20.8 Å². The van der Waals surface area contributed by atoms with E-state index in [0.29, 0.717) is 19.3 Å². The van der Waals surface area contributed by atoms with E-state index in [1.54, 1.807) is 0 Å². The molecule has 0 aliphatic heterocycles. The summed E-state index contributed by atoms with van der Waals surface area (Å²) in [7, 11) is 0. The number of ketones is 2. The van der Waals surface area contributed by atoms with Crippen LogP contribution in [-0.2, 0) is 9.59 Å². The molecule has 0 radical (unpaired) electrons. The number of hydrogen-bond donors (Lipinski definition) is 1. The second kappa shape index (κ2) is 5.91. The maximum Gasteiger partial charge on any atom is 0.198 e. The Morgan fingerprint density at radius 3 is 2.07 bits per heavy atom. The predicted molar refractivity (Wildman–Crippen MR) is 55.0 cm³/mol. The van der Waals surface area contributed by atoms with Crippen molar-refractivity contribution in [3.05, 3.63) is 0 Å². The molecule has 3 heteroatoms. The molecular weight excluding hydrogens is 180 g/mol. The van der Waals surface area contributed by atoms with Crippen LogP contribution in [0.2, 0.25) is 0 Å². The summed E-state index contributed by atoms with van der Waals surface area (Å²) in [6, 6.07) is 0. The summed E-state index contributed by atoms with van der Waals surface area (Å²) in [5.74, 6) is -0.580. The van der Waals surface area contributed by atoms with E-state index in [2.05, 4.69) is 0 Å². The molecular formula is C11H20O3. The Morgan fingerprint density at radius 1 is 1.07 bits per heavy atom. The molecule has 0 rings (SSSR count). The first-order valence-electron chi connectivity index (χ1n) is 5.04. The second-order valence-electron chi connectivity index (χ2n) is 4.76. The summed E-state index contributed by atoms with van der Waals surface area (Å²) in [6.07, 6.45) is 1.78. The average Bonchev–Trinajstić information content (AvgIpc) is 2.01. The highest BCUT2D eigenvalue weighted by atomic mass is 16.3. The molecule has 0 bridgehead atoms. The SMILES string of the molecule is CC(C)(C)CC(=O)C(=O)CCCCO. The molecule has 3 nitrogen and oxygen atoms in total. The number of hydrogen-bond acceptors (Lipinski definition) is 3. The predicted octanol–water partition coefficient (Wildman–Crippen LogP) is 1.72. The number of aliphatic hydroxyl groups excluding tert-OH is 1. The quantitative estimate of drug-likeness (QED) is 0.524. The van der Waals surface area contributed by atoms with Crippen LogP contribution in [0.3, 0.4) is 0 Å². The van der Waals surface area contributed by atoms with Gasteiger partial charge in [0.25, 0.3) is 0 Å². The summed E-state index contributed by atoms with van der Waals surface area (Å²) in [4.78, 5) is 22.6. The molecule has 0 saturated carbocycles. The van der Waals surface area contributed by atoms with Gasteiger partial charge in [-0.25, -0.2) is 0 Å². The molecule has 0 atom stereocenters. The van der Waals surface area contributed by atoms with Crippen LogP contribution in [0, 0.1) is 5.41 Å².